The van der Waals surface area contributed by atoms with E-state index < -0.39 is 5.91 Å². The third-order valence-corrected chi connectivity index (χ3v) is 2.01. The largest absolute Gasteiger partial charge is 0.366 e. The summed E-state index contributed by atoms with van der Waals surface area (Å²) in [5.41, 5.74) is 7.93. The molecule has 2 aromatic heterocycles. The standard InChI is InChI=1S/C10H10N2O/c1-7-4-9-3-2-8(10(11)13)6-12(9)5-7/h2-6H,1H3,(H2,11,13). The van der Waals surface area contributed by atoms with Gasteiger partial charge in [-0.05, 0) is 30.7 Å². The van der Waals surface area contributed by atoms with Gasteiger partial charge in [0, 0.05) is 17.9 Å². The van der Waals surface area contributed by atoms with Gasteiger partial charge in [0.25, 0.3) is 0 Å². The van der Waals surface area contributed by atoms with Crippen LogP contribution < -0.4 is 5.73 Å². The maximum Gasteiger partial charge on any atom is 0.250 e. The number of hydrogen-bond acceptors (Lipinski definition) is 1. The molecule has 0 aliphatic heterocycles. The molecule has 0 atom stereocenters. The number of aromatic nitrogens is 1. The number of amides is 1. The minimum absolute atomic E-state index is 0.395. The number of rotatable bonds is 1. The van der Waals surface area contributed by atoms with Crippen molar-refractivity contribution in [3.63, 3.8) is 0 Å². The normalized spacial score (nSPS) is 10.5. The van der Waals surface area contributed by atoms with E-state index >= 15 is 0 Å². The van der Waals surface area contributed by atoms with E-state index in [0.717, 1.165) is 5.52 Å². The maximum atomic E-state index is 10.9. The highest BCUT2D eigenvalue weighted by atomic mass is 16.1. The molecule has 0 aromatic carbocycles. The lowest BCUT2D eigenvalue weighted by atomic mass is 10.2. The van der Waals surface area contributed by atoms with E-state index in [-0.39, 0.29) is 0 Å². The smallest absolute Gasteiger partial charge is 0.250 e. The van der Waals surface area contributed by atoms with Crippen molar-refractivity contribution in [2.24, 2.45) is 5.73 Å². The molecular weight excluding hydrogens is 164 g/mol. The highest BCUT2D eigenvalue weighted by Crippen LogP contribution is 2.10. The molecule has 0 aliphatic carbocycles. The molecule has 2 heterocycles. The fourth-order valence-electron chi connectivity index (χ4n) is 1.40. The lowest BCUT2D eigenvalue weighted by molar-refractivity contribution is 0.1000. The molecule has 0 saturated heterocycles. The van der Waals surface area contributed by atoms with Gasteiger partial charge >= 0.3 is 0 Å². The Balaban J connectivity index is 2.67. The average molecular weight is 174 g/mol. The minimum Gasteiger partial charge on any atom is -0.366 e. The Morgan fingerprint density at radius 2 is 2.15 bits per heavy atom. The second kappa shape index (κ2) is 2.62. The summed E-state index contributed by atoms with van der Waals surface area (Å²) in [6.07, 6.45) is 3.70. The first-order valence-corrected chi connectivity index (χ1v) is 4.05. The summed E-state index contributed by atoms with van der Waals surface area (Å²) < 4.78 is 1.90. The van der Waals surface area contributed by atoms with Crippen molar-refractivity contribution >= 4 is 11.4 Å². The number of pyridine rings is 1. The van der Waals surface area contributed by atoms with E-state index in [4.69, 9.17) is 5.73 Å². The summed E-state index contributed by atoms with van der Waals surface area (Å²) in [6.45, 7) is 2.01. The molecule has 2 rings (SSSR count). The fourth-order valence-corrected chi connectivity index (χ4v) is 1.40. The van der Waals surface area contributed by atoms with Crippen molar-refractivity contribution in [1.82, 2.24) is 4.40 Å². The Morgan fingerprint density at radius 3 is 2.85 bits per heavy atom. The van der Waals surface area contributed by atoms with Crippen LogP contribution in [0.4, 0.5) is 0 Å². The molecule has 0 fully saturated rings. The third kappa shape index (κ3) is 1.28. The SMILES string of the molecule is Cc1cc2ccc(C(N)=O)cn2c1. The van der Waals surface area contributed by atoms with Crippen LogP contribution in [0.1, 0.15) is 15.9 Å². The van der Waals surface area contributed by atoms with Crippen LogP contribution in [-0.2, 0) is 0 Å². The predicted octanol–water partition coefficient (Wildman–Crippen LogP) is 1.35. The quantitative estimate of drug-likeness (QED) is 0.696. The van der Waals surface area contributed by atoms with Gasteiger partial charge in [0.15, 0.2) is 0 Å². The van der Waals surface area contributed by atoms with Crippen molar-refractivity contribution in [2.45, 2.75) is 6.92 Å². The Morgan fingerprint density at radius 1 is 1.38 bits per heavy atom. The number of carbonyl (C=O) groups excluding carboxylic acids is 1. The lowest BCUT2D eigenvalue weighted by Gasteiger charge is -1.97. The van der Waals surface area contributed by atoms with Gasteiger partial charge in [-0.15, -0.1) is 0 Å². The highest BCUT2D eigenvalue weighted by molar-refractivity contribution is 5.92. The van der Waals surface area contributed by atoms with Crippen LogP contribution in [0.3, 0.4) is 0 Å². The summed E-state index contributed by atoms with van der Waals surface area (Å²) in [5, 5.41) is 0. The maximum absolute atomic E-state index is 10.9. The number of nitrogens with zero attached hydrogens (tertiary/aromatic N) is 1. The van der Waals surface area contributed by atoms with Gasteiger partial charge in [-0.25, -0.2) is 0 Å². The third-order valence-electron chi connectivity index (χ3n) is 2.01. The Bertz CT molecular complexity index is 471. The molecule has 3 heteroatoms. The van der Waals surface area contributed by atoms with Crippen molar-refractivity contribution in [3.8, 4) is 0 Å². The molecule has 0 saturated carbocycles. The molecule has 0 aliphatic rings. The van der Waals surface area contributed by atoms with Gasteiger partial charge in [0.2, 0.25) is 5.91 Å². The Hall–Kier alpha value is -1.77. The van der Waals surface area contributed by atoms with Crippen molar-refractivity contribution in [2.75, 3.05) is 0 Å². The summed E-state index contributed by atoms with van der Waals surface area (Å²) in [6, 6.07) is 5.66. The van der Waals surface area contributed by atoms with Crippen LogP contribution in [0.25, 0.3) is 5.52 Å². The Kier molecular flexibility index (Phi) is 1.59. The molecule has 3 nitrogen and oxygen atoms in total. The van der Waals surface area contributed by atoms with E-state index in [1.54, 1.807) is 12.3 Å². The zero-order valence-electron chi connectivity index (χ0n) is 7.32. The highest BCUT2D eigenvalue weighted by Gasteiger charge is 2.01. The first-order chi connectivity index (χ1) is 6.16. The van der Waals surface area contributed by atoms with Crippen molar-refractivity contribution in [1.29, 1.82) is 0 Å². The van der Waals surface area contributed by atoms with E-state index in [9.17, 15) is 4.79 Å². The van der Waals surface area contributed by atoms with E-state index in [1.165, 1.54) is 5.56 Å². The van der Waals surface area contributed by atoms with Crippen LogP contribution >= 0.6 is 0 Å². The molecular formula is C10H10N2O. The molecule has 13 heavy (non-hydrogen) atoms. The monoisotopic (exact) mass is 174 g/mol. The minimum atomic E-state index is -0.395. The number of nitrogens with two attached hydrogens (primary N) is 1. The molecule has 0 radical (unpaired) electrons. The van der Waals surface area contributed by atoms with Crippen molar-refractivity contribution < 1.29 is 4.79 Å². The second-order valence-electron chi connectivity index (χ2n) is 3.13. The van der Waals surface area contributed by atoms with Crippen LogP contribution in [0.5, 0.6) is 0 Å². The average Bonchev–Trinajstić information content (AvgIpc) is 2.42. The number of aryl methyl sites for hydroxylation is 1. The predicted molar refractivity (Wildman–Crippen MR) is 50.7 cm³/mol. The zero-order valence-corrected chi connectivity index (χ0v) is 7.32. The molecule has 0 spiro atoms. The van der Waals surface area contributed by atoms with Gasteiger partial charge in [0.05, 0.1) is 5.56 Å². The van der Waals surface area contributed by atoms with Gasteiger partial charge in [-0.1, -0.05) is 0 Å². The number of fused-ring (bicyclic) bond motifs is 1. The van der Waals surface area contributed by atoms with Gasteiger partial charge in [-0.3, -0.25) is 4.79 Å². The molecule has 66 valence electrons. The summed E-state index contributed by atoms with van der Waals surface area (Å²) in [5.74, 6) is -0.395. The van der Waals surface area contributed by atoms with Crippen LogP contribution in [0.15, 0.2) is 30.6 Å². The molecule has 1 amide bonds. The van der Waals surface area contributed by atoms with Crippen LogP contribution in [-0.4, -0.2) is 10.3 Å². The van der Waals surface area contributed by atoms with Crippen LogP contribution in [0, 0.1) is 6.92 Å². The van der Waals surface area contributed by atoms with Gasteiger partial charge in [0.1, 0.15) is 0 Å². The number of primary amides is 1. The number of carbonyl (C=O) groups is 1. The topological polar surface area (TPSA) is 47.5 Å². The molecule has 0 bridgehead atoms. The van der Waals surface area contributed by atoms with E-state index in [0.29, 0.717) is 5.56 Å². The summed E-state index contributed by atoms with van der Waals surface area (Å²) in [7, 11) is 0. The molecule has 2 aromatic rings. The number of hydrogen-bond donors (Lipinski definition) is 1. The zero-order chi connectivity index (χ0) is 9.42. The fraction of sp³-hybridized carbons (Fsp3) is 0.100. The second-order valence-corrected chi connectivity index (χ2v) is 3.13. The lowest BCUT2D eigenvalue weighted by Crippen LogP contribution is -2.11. The summed E-state index contributed by atoms with van der Waals surface area (Å²) in [4.78, 5) is 10.9. The van der Waals surface area contributed by atoms with E-state index in [2.05, 4.69) is 0 Å². The van der Waals surface area contributed by atoms with Crippen molar-refractivity contribution in [3.05, 3.63) is 41.7 Å². The summed E-state index contributed by atoms with van der Waals surface area (Å²) >= 11 is 0. The van der Waals surface area contributed by atoms with Gasteiger partial charge in [-0.2, -0.15) is 0 Å². The molecule has 2 N–H and O–H groups in total. The van der Waals surface area contributed by atoms with Gasteiger partial charge < -0.3 is 10.1 Å². The first-order valence-electron chi connectivity index (χ1n) is 4.05. The Labute approximate surface area is 75.8 Å². The van der Waals surface area contributed by atoms with Crippen LogP contribution in [0.2, 0.25) is 0 Å². The van der Waals surface area contributed by atoms with E-state index in [1.807, 2.05) is 29.7 Å². The molecule has 0 unspecified atom stereocenters. The first kappa shape index (κ1) is 7.86.